The predicted molar refractivity (Wildman–Crippen MR) is 144 cm³/mol. The van der Waals surface area contributed by atoms with Crippen LogP contribution >= 0.6 is 0 Å². The molecule has 0 bridgehead atoms. The molecule has 0 aliphatic carbocycles. The molecule has 0 saturated heterocycles. The first-order valence-corrected chi connectivity index (χ1v) is 12.2. The highest BCUT2D eigenvalue weighted by Crippen LogP contribution is 2.23. The number of rotatable bonds is 12. The van der Waals surface area contributed by atoms with Crippen molar-refractivity contribution in [1.82, 2.24) is 4.90 Å². The van der Waals surface area contributed by atoms with Crippen molar-refractivity contribution >= 4 is 0 Å². The van der Waals surface area contributed by atoms with E-state index >= 15 is 0 Å². The lowest BCUT2D eigenvalue weighted by molar-refractivity contribution is 0.105. The largest absolute Gasteiger partial charge is 0.493 e. The molecule has 0 aliphatic heterocycles. The average Bonchev–Trinajstić information content (AvgIpc) is 2.90. The van der Waals surface area contributed by atoms with Crippen LogP contribution < -0.4 is 4.74 Å². The van der Waals surface area contributed by atoms with Crippen molar-refractivity contribution < 1.29 is 14.6 Å². The molecule has 4 aromatic carbocycles. The SMILES string of the molecule is C/C(=C\OCc1ccccc1)Oc1cccc([C@H](O)CN(Cc2ccccc2)Cc2ccccc2)c1. The summed E-state index contributed by atoms with van der Waals surface area (Å²) in [5.74, 6) is 1.31. The van der Waals surface area contributed by atoms with Crippen LogP contribution in [0.5, 0.6) is 5.75 Å². The van der Waals surface area contributed by atoms with Gasteiger partial charge in [0.1, 0.15) is 24.4 Å². The quantitative estimate of drug-likeness (QED) is 0.225. The molecular formula is C32H33NO3. The highest BCUT2D eigenvalue weighted by molar-refractivity contribution is 5.31. The average molecular weight is 480 g/mol. The van der Waals surface area contributed by atoms with Crippen molar-refractivity contribution in [2.45, 2.75) is 32.7 Å². The van der Waals surface area contributed by atoms with Crippen LogP contribution in [0.4, 0.5) is 0 Å². The summed E-state index contributed by atoms with van der Waals surface area (Å²) in [7, 11) is 0. The van der Waals surface area contributed by atoms with E-state index in [1.165, 1.54) is 11.1 Å². The Morgan fingerprint density at radius 1 is 0.750 bits per heavy atom. The number of aliphatic hydroxyl groups is 1. The van der Waals surface area contributed by atoms with Gasteiger partial charge in [-0.3, -0.25) is 4.90 Å². The molecule has 4 nitrogen and oxygen atoms in total. The van der Waals surface area contributed by atoms with Gasteiger partial charge >= 0.3 is 0 Å². The second-order valence-corrected chi connectivity index (χ2v) is 8.86. The molecule has 4 aromatic rings. The Kier molecular flexibility index (Phi) is 9.32. The molecule has 1 atom stereocenters. The maximum atomic E-state index is 11.1. The zero-order chi connectivity index (χ0) is 25.0. The molecule has 184 valence electrons. The fraction of sp³-hybridized carbons (Fsp3) is 0.188. The van der Waals surface area contributed by atoms with Gasteiger partial charge in [-0.2, -0.15) is 0 Å². The van der Waals surface area contributed by atoms with Crippen molar-refractivity contribution in [2.75, 3.05) is 6.54 Å². The molecule has 1 N–H and O–H groups in total. The second-order valence-electron chi connectivity index (χ2n) is 8.86. The normalized spacial score (nSPS) is 12.4. The first-order chi connectivity index (χ1) is 17.7. The number of aliphatic hydroxyl groups excluding tert-OH is 1. The first-order valence-electron chi connectivity index (χ1n) is 12.2. The summed E-state index contributed by atoms with van der Waals surface area (Å²) in [5.41, 5.74) is 4.35. The Labute approximate surface area is 214 Å². The van der Waals surface area contributed by atoms with Gasteiger partial charge in [0.25, 0.3) is 0 Å². The third kappa shape index (κ3) is 8.12. The maximum absolute atomic E-state index is 11.1. The van der Waals surface area contributed by atoms with Crippen LogP contribution in [-0.2, 0) is 24.4 Å². The lowest BCUT2D eigenvalue weighted by Gasteiger charge is -2.26. The number of benzene rings is 4. The molecule has 0 heterocycles. The Bertz CT molecular complexity index is 1170. The zero-order valence-electron chi connectivity index (χ0n) is 20.7. The third-order valence-corrected chi connectivity index (χ3v) is 5.79. The topological polar surface area (TPSA) is 41.9 Å². The molecule has 36 heavy (non-hydrogen) atoms. The monoisotopic (exact) mass is 479 g/mol. The van der Waals surface area contributed by atoms with Gasteiger partial charge in [-0.1, -0.05) is 103 Å². The third-order valence-electron chi connectivity index (χ3n) is 5.79. The number of nitrogens with zero attached hydrogens (tertiary/aromatic N) is 1. The summed E-state index contributed by atoms with van der Waals surface area (Å²) >= 11 is 0. The van der Waals surface area contributed by atoms with Crippen LogP contribution in [-0.4, -0.2) is 16.6 Å². The molecule has 0 amide bonds. The van der Waals surface area contributed by atoms with E-state index in [9.17, 15) is 5.11 Å². The molecule has 0 unspecified atom stereocenters. The summed E-state index contributed by atoms with van der Waals surface area (Å²) in [4.78, 5) is 2.27. The molecule has 0 aromatic heterocycles. The van der Waals surface area contributed by atoms with E-state index in [4.69, 9.17) is 9.47 Å². The van der Waals surface area contributed by atoms with Gasteiger partial charge in [0.2, 0.25) is 0 Å². The van der Waals surface area contributed by atoms with Gasteiger partial charge < -0.3 is 14.6 Å². The van der Waals surface area contributed by atoms with E-state index in [1.54, 1.807) is 6.26 Å². The standard InChI is InChI=1S/C32H33NO3/c1-26(24-35-25-29-16-9-4-10-17-29)36-31-19-11-18-30(20-31)32(34)23-33(21-27-12-5-2-6-13-27)22-28-14-7-3-8-15-28/h2-20,24,32,34H,21-23,25H2,1H3/b26-24+/t32-/m1/s1. The molecular weight excluding hydrogens is 446 g/mol. The van der Waals surface area contributed by atoms with E-state index in [2.05, 4.69) is 29.2 Å². The number of hydrogen-bond acceptors (Lipinski definition) is 4. The van der Waals surface area contributed by atoms with E-state index in [-0.39, 0.29) is 0 Å². The maximum Gasteiger partial charge on any atom is 0.135 e. The number of ether oxygens (including phenoxy) is 2. The van der Waals surface area contributed by atoms with Crippen molar-refractivity contribution in [3.8, 4) is 5.75 Å². The van der Waals surface area contributed by atoms with Gasteiger partial charge in [-0.15, -0.1) is 0 Å². The van der Waals surface area contributed by atoms with Gasteiger partial charge in [-0.05, 0) is 41.3 Å². The molecule has 0 fully saturated rings. The second kappa shape index (κ2) is 13.3. The van der Waals surface area contributed by atoms with Gasteiger partial charge in [0.15, 0.2) is 0 Å². The van der Waals surface area contributed by atoms with Gasteiger partial charge in [0, 0.05) is 19.6 Å². The molecule has 0 saturated carbocycles. The minimum atomic E-state index is -0.653. The van der Waals surface area contributed by atoms with Crippen LogP contribution in [0, 0.1) is 0 Å². The van der Waals surface area contributed by atoms with E-state index < -0.39 is 6.10 Å². The molecule has 0 radical (unpaired) electrons. The molecule has 0 aliphatic rings. The Balaban J connectivity index is 1.39. The Hall–Kier alpha value is -3.86. The lowest BCUT2D eigenvalue weighted by Crippen LogP contribution is -2.28. The van der Waals surface area contributed by atoms with E-state index in [1.807, 2.05) is 97.9 Å². The summed E-state index contributed by atoms with van der Waals surface area (Å²) in [6.45, 7) is 4.35. The van der Waals surface area contributed by atoms with E-state index in [0.29, 0.717) is 24.7 Å². The highest BCUT2D eigenvalue weighted by atomic mass is 16.5. The van der Waals surface area contributed by atoms with Gasteiger partial charge in [-0.25, -0.2) is 0 Å². The van der Waals surface area contributed by atoms with Crippen LogP contribution in [0.1, 0.15) is 35.3 Å². The smallest absolute Gasteiger partial charge is 0.135 e. The van der Waals surface area contributed by atoms with Crippen LogP contribution in [0.3, 0.4) is 0 Å². The van der Waals surface area contributed by atoms with Crippen molar-refractivity contribution in [2.24, 2.45) is 0 Å². The molecule has 4 rings (SSSR count). The minimum absolute atomic E-state index is 0.485. The highest BCUT2D eigenvalue weighted by Gasteiger charge is 2.16. The fourth-order valence-electron chi connectivity index (χ4n) is 4.04. The van der Waals surface area contributed by atoms with Crippen molar-refractivity contribution in [3.05, 3.63) is 150 Å². The van der Waals surface area contributed by atoms with Crippen LogP contribution in [0.25, 0.3) is 0 Å². The minimum Gasteiger partial charge on any atom is -0.493 e. The predicted octanol–water partition coefficient (Wildman–Crippen LogP) is 6.88. The van der Waals surface area contributed by atoms with Crippen molar-refractivity contribution in [1.29, 1.82) is 0 Å². The lowest BCUT2D eigenvalue weighted by atomic mass is 10.1. The first kappa shape index (κ1) is 25.2. The summed E-state index contributed by atoms with van der Waals surface area (Å²) in [6.07, 6.45) is 0.969. The zero-order valence-corrected chi connectivity index (χ0v) is 20.7. The van der Waals surface area contributed by atoms with Crippen LogP contribution in [0.15, 0.2) is 127 Å². The fourth-order valence-corrected chi connectivity index (χ4v) is 4.04. The van der Waals surface area contributed by atoms with Crippen LogP contribution in [0.2, 0.25) is 0 Å². The number of hydrogen-bond donors (Lipinski definition) is 1. The molecule has 0 spiro atoms. The summed E-state index contributed by atoms with van der Waals surface area (Å²) in [6, 6.07) is 38.3. The van der Waals surface area contributed by atoms with Gasteiger partial charge in [0.05, 0.1) is 6.10 Å². The number of allylic oxidation sites excluding steroid dienone is 1. The molecule has 4 heteroatoms. The Morgan fingerprint density at radius 3 is 1.89 bits per heavy atom. The summed E-state index contributed by atoms with van der Waals surface area (Å²) < 4.78 is 11.6. The Morgan fingerprint density at radius 2 is 1.31 bits per heavy atom. The van der Waals surface area contributed by atoms with E-state index in [0.717, 1.165) is 24.2 Å². The van der Waals surface area contributed by atoms with Crippen molar-refractivity contribution in [3.63, 3.8) is 0 Å². The summed E-state index contributed by atoms with van der Waals surface area (Å²) in [5, 5.41) is 11.1.